The van der Waals surface area contributed by atoms with Crippen molar-refractivity contribution in [1.29, 1.82) is 0 Å². The first-order chi connectivity index (χ1) is 9.04. The molecule has 2 aliphatic rings. The summed E-state index contributed by atoms with van der Waals surface area (Å²) < 4.78 is 37.4. The maximum absolute atomic E-state index is 12.5. The van der Waals surface area contributed by atoms with Crippen LogP contribution in [0.5, 0.6) is 0 Å². The molecule has 19 heavy (non-hydrogen) atoms. The second-order valence-electron chi connectivity index (χ2n) is 5.32. The highest BCUT2D eigenvalue weighted by molar-refractivity contribution is 5.41. The van der Waals surface area contributed by atoms with Crippen LogP contribution in [0.3, 0.4) is 0 Å². The van der Waals surface area contributed by atoms with Crippen LogP contribution in [0.2, 0.25) is 0 Å². The number of hydrogen-bond donors (Lipinski definition) is 1. The second kappa shape index (κ2) is 4.67. The topological polar surface area (TPSA) is 28.2 Å². The Bertz CT molecular complexity index is 429. The lowest BCUT2D eigenvalue weighted by Crippen LogP contribution is -2.35. The highest BCUT2D eigenvalue weighted by atomic mass is 19.4. The van der Waals surface area contributed by atoms with Gasteiger partial charge in [0.2, 0.25) is 0 Å². The molecule has 0 unspecified atom stereocenters. The van der Waals surface area contributed by atoms with Crippen LogP contribution in [0.1, 0.15) is 12.0 Å². The number of fused-ring (bicyclic) bond motifs is 1. The van der Waals surface area contributed by atoms with Gasteiger partial charge in [-0.3, -0.25) is 0 Å². The average molecular weight is 271 g/mol. The maximum Gasteiger partial charge on any atom is 0.417 e. The molecule has 0 radical (unpaired) electrons. The number of hydrogen-bond acceptors (Lipinski definition) is 3. The van der Waals surface area contributed by atoms with E-state index < -0.39 is 11.7 Å². The van der Waals surface area contributed by atoms with E-state index in [1.165, 1.54) is 6.07 Å². The molecule has 0 bridgehead atoms. The van der Waals surface area contributed by atoms with Crippen molar-refractivity contribution in [3.63, 3.8) is 0 Å². The normalized spacial score (nSPS) is 27.4. The number of nitrogens with zero attached hydrogens (tertiary/aromatic N) is 2. The Kier molecular flexibility index (Phi) is 3.12. The van der Waals surface area contributed by atoms with Gasteiger partial charge in [-0.25, -0.2) is 4.98 Å². The predicted octanol–water partition coefficient (Wildman–Crippen LogP) is 2.15. The molecular weight excluding hydrogens is 255 g/mol. The third-order valence-electron chi connectivity index (χ3n) is 4.07. The SMILES string of the molecule is FC(F)(F)c1ccc(N2C[C@H]3CNCC[C@H]3C2)nc1. The first-order valence-electron chi connectivity index (χ1n) is 6.53. The molecule has 3 heterocycles. The Morgan fingerprint density at radius 2 is 2.00 bits per heavy atom. The lowest BCUT2D eigenvalue weighted by Gasteiger charge is -2.23. The van der Waals surface area contributed by atoms with E-state index in [-0.39, 0.29) is 0 Å². The van der Waals surface area contributed by atoms with Crippen LogP contribution in [0, 0.1) is 11.8 Å². The molecule has 0 spiro atoms. The van der Waals surface area contributed by atoms with Gasteiger partial charge in [-0.05, 0) is 43.5 Å². The number of alkyl halides is 3. The van der Waals surface area contributed by atoms with Crippen molar-refractivity contribution in [3.8, 4) is 0 Å². The van der Waals surface area contributed by atoms with Gasteiger partial charge < -0.3 is 10.2 Å². The van der Waals surface area contributed by atoms with Crippen LogP contribution in [-0.4, -0.2) is 31.2 Å². The summed E-state index contributed by atoms with van der Waals surface area (Å²) >= 11 is 0. The van der Waals surface area contributed by atoms with Crippen molar-refractivity contribution in [1.82, 2.24) is 10.3 Å². The van der Waals surface area contributed by atoms with Gasteiger partial charge in [-0.2, -0.15) is 13.2 Å². The lowest BCUT2D eigenvalue weighted by molar-refractivity contribution is -0.137. The van der Waals surface area contributed by atoms with Crippen molar-refractivity contribution in [2.75, 3.05) is 31.1 Å². The molecule has 1 N–H and O–H groups in total. The Morgan fingerprint density at radius 1 is 1.21 bits per heavy atom. The zero-order valence-corrected chi connectivity index (χ0v) is 10.5. The minimum Gasteiger partial charge on any atom is -0.356 e. The minimum absolute atomic E-state index is 0.595. The van der Waals surface area contributed by atoms with Gasteiger partial charge >= 0.3 is 6.18 Å². The Morgan fingerprint density at radius 3 is 2.63 bits per heavy atom. The van der Waals surface area contributed by atoms with Crippen LogP contribution in [0.4, 0.5) is 19.0 Å². The summed E-state index contributed by atoms with van der Waals surface area (Å²) in [5.41, 5.74) is -0.686. The smallest absolute Gasteiger partial charge is 0.356 e. The van der Waals surface area contributed by atoms with Gasteiger partial charge in [0.1, 0.15) is 5.82 Å². The van der Waals surface area contributed by atoms with Gasteiger partial charge in [-0.1, -0.05) is 0 Å². The fourth-order valence-corrected chi connectivity index (χ4v) is 3.00. The Hall–Kier alpha value is -1.30. The van der Waals surface area contributed by atoms with Crippen LogP contribution in [0.15, 0.2) is 18.3 Å². The van der Waals surface area contributed by atoms with E-state index in [9.17, 15) is 13.2 Å². The number of nitrogens with one attached hydrogen (secondary N) is 1. The number of aromatic nitrogens is 1. The minimum atomic E-state index is -4.31. The van der Waals surface area contributed by atoms with Gasteiger partial charge in [-0.15, -0.1) is 0 Å². The third-order valence-corrected chi connectivity index (χ3v) is 4.07. The van der Waals surface area contributed by atoms with Gasteiger partial charge in [0.15, 0.2) is 0 Å². The average Bonchev–Trinajstić information content (AvgIpc) is 2.81. The molecule has 0 aliphatic carbocycles. The van der Waals surface area contributed by atoms with Crippen LogP contribution in [0.25, 0.3) is 0 Å². The molecule has 2 atom stereocenters. The number of pyridine rings is 1. The number of rotatable bonds is 1. The van der Waals surface area contributed by atoms with Crippen LogP contribution >= 0.6 is 0 Å². The Labute approximate surface area is 109 Å². The molecule has 104 valence electrons. The fraction of sp³-hybridized carbons (Fsp3) is 0.615. The van der Waals surface area contributed by atoms with Crippen LogP contribution < -0.4 is 10.2 Å². The second-order valence-corrected chi connectivity index (χ2v) is 5.32. The third kappa shape index (κ3) is 2.54. The summed E-state index contributed by atoms with van der Waals surface area (Å²) in [5, 5.41) is 3.36. The first-order valence-corrected chi connectivity index (χ1v) is 6.53. The zero-order chi connectivity index (χ0) is 13.5. The Balaban J connectivity index is 1.73. The van der Waals surface area contributed by atoms with E-state index in [2.05, 4.69) is 15.2 Å². The molecule has 1 aromatic rings. The summed E-state index contributed by atoms with van der Waals surface area (Å²) in [7, 11) is 0. The van der Waals surface area contributed by atoms with Gasteiger partial charge in [0.05, 0.1) is 5.56 Å². The summed E-state index contributed by atoms with van der Waals surface area (Å²) in [6, 6.07) is 2.59. The molecule has 3 rings (SSSR count). The fourth-order valence-electron chi connectivity index (χ4n) is 3.00. The summed E-state index contributed by atoms with van der Waals surface area (Å²) in [5.74, 6) is 1.89. The standard InChI is InChI=1S/C13H16F3N3/c14-13(15,16)11-1-2-12(18-6-11)19-7-9-3-4-17-5-10(9)8-19/h1-2,6,9-10,17H,3-5,7-8H2/t9-,10+/m0/s1. The van der Waals surface area contributed by atoms with Gasteiger partial charge in [0.25, 0.3) is 0 Å². The molecule has 1 aromatic heterocycles. The van der Waals surface area contributed by atoms with E-state index in [4.69, 9.17) is 0 Å². The molecule has 6 heteroatoms. The predicted molar refractivity (Wildman–Crippen MR) is 65.9 cm³/mol. The summed E-state index contributed by atoms with van der Waals surface area (Å²) in [4.78, 5) is 6.07. The molecule has 2 fully saturated rings. The van der Waals surface area contributed by atoms with Crippen molar-refractivity contribution >= 4 is 5.82 Å². The molecule has 0 saturated carbocycles. The number of piperidine rings is 1. The largest absolute Gasteiger partial charge is 0.417 e. The lowest BCUT2D eigenvalue weighted by atomic mass is 9.90. The first kappa shape index (κ1) is 12.7. The van der Waals surface area contributed by atoms with E-state index in [1.807, 2.05) is 0 Å². The zero-order valence-electron chi connectivity index (χ0n) is 10.5. The van der Waals surface area contributed by atoms with E-state index >= 15 is 0 Å². The summed E-state index contributed by atoms with van der Waals surface area (Å²) in [6.07, 6.45) is -2.24. The van der Waals surface area contributed by atoms with E-state index in [0.29, 0.717) is 17.7 Å². The van der Waals surface area contributed by atoms with Crippen molar-refractivity contribution in [2.24, 2.45) is 11.8 Å². The molecule has 0 aromatic carbocycles. The maximum atomic E-state index is 12.5. The van der Waals surface area contributed by atoms with Gasteiger partial charge in [0, 0.05) is 19.3 Å². The van der Waals surface area contributed by atoms with Crippen molar-refractivity contribution in [3.05, 3.63) is 23.9 Å². The quantitative estimate of drug-likeness (QED) is 0.848. The summed E-state index contributed by atoms with van der Waals surface area (Å²) in [6.45, 7) is 3.83. The number of anilines is 1. The van der Waals surface area contributed by atoms with Crippen molar-refractivity contribution in [2.45, 2.75) is 12.6 Å². The molecule has 2 aliphatic heterocycles. The monoisotopic (exact) mass is 271 g/mol. The highest BCUT2D eigenvalue weighted by Gasteiger charge is 2.35. The number of halogens is 3. The van der Waals surface area contributed by atoms with E-state index in [0.717, 1.165) is 44.9 Å². The molecule has 2 saturated heterocycles. The molecule has 3 nitrogen and oxygen atoms in total. The van der Waals surface area contributed by atoms with Crippen molar-refractivity contribution < 1.29 is 13.2 Å². The van der Waals surface area contributed by atoms with Crippen LogP contribution in [-0.2, 0) is 6.18 Å². The highest BCUT2D eigenvalue weighted by Crippen LogP contribution is 2.33. The van der Waals surface area contributed by atoms with E-state index in [1.54, 1.807) is 0 Å². The molecular formula is C13H16F3N3. The molecule has 0 amide bonds.